The van der Waals surface area contributed by atoms with Crippen molar-refractivity contribution in [2.24, 2.45) is 0 Å². The van der Waals surface area contributed by atoms with Crippen LogP contribution in [0.4, 0.5) is 0 Å². The standard InChI is InChI=1S/C16H25N3/c1-3-18(4-2)13-10-17-11-14-19-12-9-15-7-5-6-8-16(15)19/h5-9,12,17H,3-4,10-11,13-14H2,1-2H3. The molecule has 0 bridgehead atoms. The Morgan fingerprint density at radius 3 is 2.63 bits per heavy atom. The van der Waals surface area contributed by atoms with Crippen LogP contribution in [0.25, 0.3) is 10.9 Å². The van der Waals surface area contributed by atoms with E-state index < -0.39 is 0 Å². The minimum atomic E-state index is 1.03. The van der Waals surface area contributed by atoms with Gasteiger partial charge in [-0.25, -0.2) is 0 Å². The fourth-order valence-electron chi connectivity index (χ4n) is 2.44. The van der Waals surface area contributed by atoms with E-state index in [1.165, 1.54) is 10.9 Å². The summed E-state index contributed by atoms with van der Waals surface area (Å²) < 4.78 is 2.32. The highest BCUT2D eigenvalue weighted by molar-refractivity contribution is 5.79. The van der Waals surface area contributed by atoms with Gasteiger partial charge in [0, 0.05) is 37.9 Å². The van der Waals surface area contributed by atoms with E-state index in [1.807, 2.05) is 0 Å². The molecule has 1 aromatic heterocycles. The van der Waals surface area contributed by atoms with Gasteiger partial charge in [0.2, 0.25) is 0 Å². The highest BCUT2D eigenvalue weighted by Gasteiger charge is 2.00. The number of hydrogen-bond donors (Lipinski definition) is 1. The summed E-state index contributed by atoms with van der Waals surface area (Å²) in [7, 11) is 0. The summed E-state index contributed by atoms with van der Waals surface area (Å²) in [4.78, 5) is 2.44. The molecule has 0 aliphatic heterocycles. The maximum Gasteiger partial charge on any atom is 0.0480 e. The van der Waals surface area contributed by atoms with E-state index in [9.17, 15) is 0 Å². The van der Waals surface area contributed by atoms with Crippen LogP contribution in [0.2, 0.25) is 0 Å². The smallest absolute Gasteiger partial charge is 0.0480 e. The molecule has 19 heavy (non-hydrogen) atoms. The van der Waals surface area contributed by atoms with Crippen LogP contribution >= 0.6 is 0 Å². The lowest BCUT2D eigenvalue weighted by Crippen LogP contribution is -2.33. The van der Waals surface area contributed by atoms with E-state index in [4.69, 9.17) is 0 Å². The van der Waals surface area contributed by atoms with Gasteiger partial charge < -0.3 is 14.8 Å². The number of fused-ring (bicyclic) bond motifs is 1. The summed E-state index contributed by atoms with van der Waals surface area (Å²) in [5.74, 6) is 0. The molecule has 0 saturated carbocycles. The van der Waals surface area contributed by atoms with Gasteiger partial charge in [-0.05, 0) is 30.6 Å². The van der Waals surface area contributed by atoms with E-state index in [1.54, 1.807) is 0 Å². The van der Waals surface area contributed by atoms with Crippen LogP contribution in [-0.4, -0.2) is 42.2 Å². The van der Waals surface area contributed by atoms with Gasteiger partial charge in [-0.2, -0.15) is 0 Å². The zero-order valence-electron chi connectivity index (χ0n) is 12.1. The quantitative estimate of drug-likeness (QED) is 0.735. The van der Waals surface area contributed by atoms with Crippen LogP contribution in [0.15, 0.2) is 36.5 Å². The largest absolute Gasteiger partial charge is 0.346 e. The highest BCUT2D eigenvalue weighted by atomic mass is 15.1. The first-order chi connectivity index (χ1) is 9.35. The molecule has 104 valence electrons. The second kappa shape index (κ2) is 7.31. The van der Waals surface area contributed by atoms with Gasteiger partial charge in [0.1, 0.15) is 0 Å². The van der Waals surface area contributed by atoms with Crippen molar-refractivity contribution in [1.82, 2.24) is 14.8 Å². The van der Waals surface area contributed by atoms with Crippen LogP contribution in [0.5, 0.6) is 0 Å². The Labute approximate surface area is 116 Å². The van der Waals surface area contributed by atoms with Crippen LogP contribution in [-0.2, 0) is 6.54 Å². The summed E-state index contributed by atoms with van der Waals surface area (Å²) in [6.45, 7) is 11.0. The third-order valence-electron chi connectivity index (χ3n) is 3.71. The average molecular weight is 259 g/mol. The van der Waals surface area contributed by atoms with E-state index >= 15 is 0 Å². The van der Waals surface area contributed by atoms with Crippen molar-refractivity contribution in [1.29, 1.82) is 0 Å². The van der Waals surface area contributed by atoms with Crippen LogP contribution < -0.4 is 5.32 Å². The van der Waals surface area contributed by atoms with Crippen LogP contribution in [0.3, 0.4) is 0 Å². The molecular formula is C16H25N3. The van der Waals surface area contributed by atoms with Crippen molar-refractivity contribution in [2.75, 3.05) is 32.7 Å². The molecule has 1 aromatic carbocycles. The second-order valence-corrected chi connectivity index (χ2v) is 4.84. The molecule has 0 saturated heterocycles. The average Bonchev–Trinajstić information content (AvgIpc) is 2.86. The maximum absolute atomic E-state index is 3.52. The van der Waals surface area contributed by atoms with Gasteiger partial charge in [0.15, 0.2) is 0 Å². The Balaban J connectivity index is 1.74. The van der Waals surface area contributed by atoms with Crippen molar-refractivity contribution in [2.45, 2.75) is 20.4 Å². The maximum atomic E-state index is 3.52. The summed E-state index contributed by atoms with van der Waals surface area (Å²) in [5, 5.41) is 4.85. The number of aromatic nitrogens is 1. The molecule has 0 aliphatic rings. The zero-order valence-corrected chi connectivity index (χ0v) is 12.1. The van der Waals surface area contributed by atoms with Gasteiger partial charge in [0.25, 0.3) is 0 Å². The van der Waals surface area contributed by atoms with Crippen molar-refractivity contribution in [3.05, 3.63) is 36.5 Å². The lowest BCUT2D eigenvalue weighted by molar-refractivity contribution is 0.302. The SMILES string of the molecule is CCN(CC)CCNCCn1ccc2ccccc21. The molecule has 2 rings (SSSR count). The summed E-state index contributed by atoms with van der Waals surface area (Å²) >= 11 is 0. The molecule has 2 aromatic rings. The van der Waals surface area contributed by atoms with E-state index in [0.717, 1.165) is 39.3 Å². The lowest BCUT2D eigenvalue weighted by atomic mass is 10.2. The van der Waals surface area contributed by atoms with Crippen molar-refractivity contribution >= 4 is 10.9 Å². The number of rotatable bonds is 8. The molecule has 0 aliphatic carbocycles. The monoisotopic (exact) mass is 259 g/mol. The number of nitrogens with one attached hydrogen (secondary N) is 1. The Bertz CT molecular complexity index is 485. The first-order valence-corrected chi connectivity index (χ1v) is 7.32. The van der Waals surface area contributed by atoms with E-state index in [0.29, 0.717) is 0 Å². The molecule has 0 amide bonds. The molecule has 1 N–H and O–H groups in total. The highest BCUT2D eigenvalue weighted by Crippen LogP contribution is 2.14. The number of likely N-dealkylation sites (N-methyl/N-ethyl adjacent to an activating group) is 1. The number of para-hydroxylation sites is 1. The summed E-state index contributed by atoms with van der Waals surface area (Å²) in [5.41, 5.74) is 1.33. The normalized spacial score (nSPS) is 11.5. The zero-order chi connectivity index (χ0) is 13.5. The molecule has 0 spiro atoms. The van der Waals surface area contributed by atoms with Gasteiger partial charge >= 0.3 is 0 Å². The van der Waals surface area contributed by atoms with Gasteiger partial charge in [0.05, 0.1) is 0 Å². The fourth-order valence-corrected chi connectivity index (χ4v) is 2.44. The molecule has 0 atom stereocenters. The number of hydrogen-bond acceptors (Lipinski definition) is 2. The molecule has 3 nitrogen and oxygen atoms in total. The number of nitrogens with zero attached hydrogens (tertiary/aromatic N) is 2. The lowest BCUT2D eigenvalue weighted by Gasteiger charge is -2.18. The van der Waals surface area contributed by atoms with E-state index in [2.05, 4.69) is 65.2 Å². The minimum Gasteiger partial charge on any atom is -0.346 e. The van der Waals surface area contributed by atoms with Gasteiger partial charge in [-0.15, -0.1) is 0 Å². The van der Waals surface area contributed by atoms with Crippen LogP contribution in [0, 0.1) is 0 Å². The molecular weight excluding hydrogens is 234 g/mol. The molecule has 0 radical (unpaired) electrons. The Kier molecular flexibility index (Phi) is 5.43. The Morgan fingerprint density at radius 2 is 1.84 bits per heavy atom. The van der Waals surface area contributed by atoms with Crippen molar-refractivity contribution in [3.8, 4) is 0 Å². The predicted molar refractivity (Wildman–Crippen MR) is 82.6 cm³/mol. The topological polar surface area (TPSA) is 20.2 Å². The Hall–Kier alpha value is -1.32. The first-order valence-electron chi connectivity index (χ1n) is 7.32. The van der Waals surface area contributed by atoms with E-state index in [-0.39, 0.29) is 0 Å². The molecule has 0 unspecified atom stereocenters. The first kappa shape index (κ1) is 14.1. The fraction of sp³-hybridized carbons (Fsp3) is 0.500. The van der Waals surface area contributed by atoms with Crippen molar-refractivity contribution in [3.63, 3.8) is 0 Å². The Morgan fingerprint density at radius 1 is 1.05 bits per heavy atom. The molecule has 3 heteroatoms. The minimum absolute atomic E-state index is 1.03. The second-order valence-electron chi connectivity index (χ2n) is 4.84. The third kappa shape index (κ3) is 3.82. The van der Waals surface area contributed by atoms with Crippen LogP contribution in [0.1, 0.15) is 13.8 Å². The molecule has 0 fully saturated rings. The number of benzene rings is 1. The molecule has 1 heterocycles. The summed E-state index contributed by atoms with van der Waals surface area (Å²) in [6, 6.07) is 10.7. The summed E-state index contributed by atoms with van der Waals surface area (Å²) in [6.07, 6.45) is 2.18. The third-order valence-corrected chi connectivity index (χ3v) is 3.71. The predicted octanol–water partition coefficient (Wildman–Crippen LogP) is 2.57. The van der Waals surface area contributed by atoms with Gasteiger partial charge in [-0.1, -0.05) is 32.0 Å². The van der Waals surface area contributed by atoms with Gasteiger partial charge in [-0.3, -0.25) is 0 Å². The van der Waals surface area contributed by atoms with Crippen molar-refractivity contribution < 1.29 is 0 Å².